The van der Waals surface area contributed by atoms with Crippen LogP contribution < -0.4 is 10.3 Å². The van der Waals surface area contributed by atoms with E-state index in [1.807, 2.05) is 30.3 Å². The highest BCUT2D eigenvalue weighted by molar-refractivity contribution is 7.21. The van der Waals surface area contributed by atoms with Crippen LogP contribution in [0, 0.1) is 10.1 Å². The molecule has 4 rings (SSSR count). The smallest absolute Gasteiger partial charge is 0.315 e. The largest absolute Gasteiger partial charge is 0.500 e. The Bertz CT molecular complexity index is 1260. The van der Waals surface area contributed by atoms with Crippen LogP contribution in [0.3, 0.4) is 0 Å². The zero-order chi connectivity index (χ0) is 19.8. The van der Waals surface area contributed by atoms with E-state index in [0.717, 1.165) is 16.5 Å². The molecular weight excluding hydrogens is 382 g/mol. The normalized spacial score (nSPS) is 10.9. The summed E-state index contributed by atoms with van der Waals surface area (Å²) in [6.07, 6.45) is 0. The van der Waals surface area contributed by atoms with Crippen molar-refractivity contribution in [2.24, 2.45) is 0 Å². The van der Waals surface area contributed by atoms with Crippen molar-refractivity contribution in [3.63, 3.8) is 0 Å². The van der Waals surface area contributed by atoms with Gasteiger partial charge in [-0.3, -0.25) is 14.9 Å². The summed E-state index contributed by atoms with van der Waals surface area (Å²) < 4.78 is 5.01. The maximum absolute atomic E-state index is 12.6. The molecule has 0 aliphatic carbocycles. The standard InChI is InChI=1S/C19H13N3O5S/c1-27-14-8-11(7-13(16(14)23)22(25)26)17-20-18(24)12-9-15(28-19(12)21-17)10-5-3-2-4-6-10/h2-9,23H,1H3,(H,20,21,24). The Morgan fingerprint density at radius 3 is 2.61 bits per heavy atom. The molecule has 0 aliphatic rings. The summed E-state index contributed by atoms with van der Waals surface area (Å²) >= 11 is 1.35. The van der Waals surface area contributed by atoms with Crippen molar-refractivity contribution in [3.8, 4) is 33.3 Å². The zero-order valence-corrected chi connectivity index (χ0v) is 15.3. The Hall–Kier alpha value is -3.72. The Balaban J connectivity index is 1.90. The molecule has 0 radical (unpaired) electrons. The number of aromatic hydroxyl groups is 1. The van der Waals surface area contributed by atoms with Crippen LogP contribution in [0.1, 0.15) is 0 Å². The predicted octanol–water partition coefficient (Wildman–Crippen LogP) is 3.94. The number of aromatic amines is 1. The minimum atomic E-state index is -0.726. The molecule has 28 heavy (non-hydrogen) atoms. The van der Waals surface area contributed by atoms with Crippen LogP contribution in [0.25, 0.3) is 32.0 Å². The number of hydrogen-bond donors (Lipinski definition) is 2. The number of aromatic nitrogens is 2. The minimum absolute atomic E-state index is 0.0805. The molecule has 0 spiro atoms. The minimum Gasteiger partial charge on any atom is -0.500 e. The van der Waals surface area contributed by atoms with Crippen LogP contribution in [-0.4, -0.2) is 27.1 Å². The first-order valence-corrected chi connectivity index (χ1v) is 8.94. The molecule has 0 fully saturated rings. The summed E-state index contributed by atoms with van der Waals surface area (Å²) in [5.41, 5.74) is 0.338. The van der Waals surface area contributed by atoms with Gasteiger partial charge in [0.2, 0.25) is 5.75 Å². The average Bonchev–Trinajstić information content (AvgIpc) is 3.13. The molecule has 0 aliphatic heterocycles. The van der Waals surface area contributed by atoms with Gasteiger partial charge in [0.15, 0.2) is 5.75 Å². The molecular formula is C19H13N3O5S. The van der Waals surface area contributed by atoms with Crippen molar-refractivity contribution in [3.05, 3.63) is 69.0 Å². The lowest BCUT2D eigenvalue weighted by Gasteiger charge is -2.07. The first kappa shape index (κ1) is 17.7. The van der Waals surface area contributed by atoms with Gasteiger partial charge >= 0.3 is 5.69 Å². The Labute approximate surface area is 161 Å². The van der Waals surface area contributed by atoms with Gasteiger partial charge in [-0.1, -0.05) is 30.3 Å². The van der Waals surface area contributed by atoms with Crippen LogP contribution in [-0.2, 0) is 0 Å². The highest BCUT2D eigenvalue weighted by Crippen LogP contribution is 2.39. The Morgan fingerprint density at radius 1 is 1.18 bits per heavy atom. The number of phenolic OH excluding ortho intramolecular Hbond substituents is 1. The van der Waals surface area contributed by atoms with Crippen molar-refractivity contribution < 1.29 is 14.8 Å². The lowest BCUT2D eigenvalue weighted by Crippen LogP contribution is -2.08. The third-order valence-electron chi connectivity index (χ3n) is 4.21. The molecule has 0 unspecified atom stereocenters. The molecule has 2 N–H and O–H groups in total. The van der Waals surface area contributed by atoms with Gasteiger partial charge in [-0.15, -0.1) is 11.3 Å². The number of nitrogens with zero attached hydrogens (tertiary/aromatic N) is 2. The van der Waals surface area contributed by atoms with Gasteiger partial charge in [-0.25, -0.2) is 4.98 Å². The highest BCUT2D eigenvalue weighted by Gasteiger charge is 2.22. The van der Waals surface area contributed by atoms with Crippen molar-refractivity contribution in [1.82, 2.24) is 9.97 Å². The second-order valence-electron chi connectivity index (χ2n) is 5.91. The fourth-order valence-corrected chi connectivity index (χ4v) is 3.88. The molecule has 0 atom stereocenters. The van der Waals surface area contributed by atoms with Crippen LogP contribution in [0.15, 0.2) is 53.3 Å². The quantitative estimate of drug-likeness (QED) is 0.399. The maximum atomic E-state index is 12.6. The van der Waals surface area contributed by atoms with Crippen molar-refractivity contribution in [1.29, 1.82) is 0 Å². The van der Waals surface area contributed by atoms with Gasteiger partial charge in [-0.2, -0.15) is 0 Å². The predicted molar refractivity (Wildman–Crippen MR) is 106 cm³/mol. The van der Waals surface area contributed by atoms with Crippen LogP contribution in [0.4, 0.5) is 5.69 Å². The van der Waals surface area contributed by atoms with E-state index in [0.29, 0.717) is 10.2 Å². The number of thiophene rings is 1. The van der Waals surface area contributed by atoms with E-state index in [1.54, 1.807) is 6.07 Å². The van der Waals surface area contributed by atoms with E-state index in [9.17, 15) is 20.0 Å². The number of rotatable bonds is 4. The number of hydrogen-bond acceptors (Lipinski definition) is 7. The van der Waals surface area contributed by atoms with Gasteiger partial charge in [0.1, 0.15) is 10.7 Å². The molecule has 0 saturated carbocycles. The topological polar surface area (TPSA) is 118 Å². The molecule has 140 valence electrons. The number of phenols is 1. The van der Waals surface area contributed by atoms with E-state index in [2.05, 4.69) is 9.97 Å². The summed E-state index contributed by atoms with van der Waals surface area (Å²) in [5.74, 6) is -0.509. The van der Waals surface area contributed by atoms with Crippen LogP contribution in [0.5, 0.6) is 11.5 Å². The van der Waals surface area contributed by atoms with Crippen molar-refractivity contribution in [2.75, 3.05) is 7.11 Å². The third-order valence-corrected chi connectivity index (χ3v) is 5.28. The zero-order valence-electron chi connectivity index (χ0n) is 14.5. The number of nitro groups is 1. The summed E-state index contributed by atoms with van der Waals surface area (Å²) in [6, 6.07) is 13.9. The molecule has 8 nitrogen and oxygen atoms in total. The first-order chi connectivity index (χ1) is 13.5. The highest BCUT2D eigenvalue weighted by atomic mass is 32.1. The van der Waals surface area contributed by atoms with Crippen molar-refractivity contribution >= 4 is 27.2 Å². The lowest BCUT2D eigenvalue weighted by atomic mass is 10.1. The molecule has 4 aromatic rings. The number of ether oxygens (including phenoxy) is 1. The van der Waals surface area contributed by atoms with Crippen LogP contribution >= 0.6 is 11.3 Å². The SMILES string of the molecule is COc1cc(-c2nc3sc(-c4ccccc4)cc3c(=O)[nH]2)cc([N+](=O)[O-])c1O. The van der Waals surface area contributed by atoms with Gasteiger partial charge in [0, 0.05) is 16.5 Å². The maximum Gasteiger partial charge on any atom is 0.315 e. The third kappa shape index (κ3) is 2.97. The first-order valence-electron chi connectivity index (χ1n) is 8.13. The van der Waals surface area contributed by atoms with Gasteiger partial charge in [-0.05, 0) is 17.7 Å². The monoisotopic (exact) mass is 395 g/mol. The molecule has 0 saturated heterocycles. The van der Waals surface area contributed by atoms with Crippen LogP contribution in [0.2, 0.25) is 0 Å². The molecule has 0 amide bonds. The summed E-state index contributed by atoms with van der Waals surface area (Å²) in [4.78, 5) is 31.5. The summed E-state index contributed by atoms with van der Waals surface area (Å²) in [5, 5.41) is 21.6. The Morgan fingerprint density at radius 2 is 1.93 bits per heavy atom. The Kier molecular flexibility index (Phi) is 4.28. The molecule has 9 heteroatoms. The number of nitrogens with one attached hydrogen (secondary N) is 1. The lowest BCUT2D eigenvalue weighted by molar-refractivity contribution is -0.385. The fraction of sp³-hybridized carbons (Fsp3) is 0.0526. The second-order valence-corrected chi connectivity index (χ2v) is 6.94. The van der Waals surface area contributed by atoms with Gasteiger partial charge < -0.3 is 14.8 Å². The van der Waals surface area contributed by atoms with E-state index in [-0.39, 0.29) is 22.7 Å². The summed E-state index contributed by atoms with van der Waals surface area (Å²) in [7, 11) is 1.29. The molecule has 2 aromatic carbocycles. The number of benzene rings is 2. The molecule has 2 heterocycles. The average molecular weight is 395 g/mol. The number of fused-ring (bicyclic) bond motifs is 1. The van der Waals surface area contributed by atoms with E-state index >= 15 is 0 Å². The summed E-state index contributed by atoms with van der Waals surface area (Å²) in [6.45, 7) is 0. The molecule has 2 aromatic heterocycles. The van der Waals surface area contributed by atoms with E-state index < -0.39 is 16.4 Å². The fourth-order valence-electron chi connectivity index (χ4n) is 2.84. The number of nitro benzene ring substituents is 1. The van der Waals surface area contributed by atoms with Gasteiger partial charge in [0.25, 0.3) is 5.56 Å². The van der Waals surface area contributed by atoms with Gasteiger partial charge in [0.05, 0.1) is 17.4 Å². The second kappa shape index (κ2) is 6.78. The number of H-pyrrole nitrogens is 1. The van der Waals surface area contributed by atoms with E-state index in [4.69, 9.17) is 4.74 Å². The van der Waals surface area contributed by atoms with Crippen molar-refractivity contribution in [2.45, 2.75) is 0 Å². The van der Waals surface area contributed by atoms with E-state index in [1.165, 1.54) is 24.5 Å². The molecule has 0 bridgehead atoms. The number of methoxy groups -OCH3 is 1.